The largest absolute Gasteiger partial charge is 0.491 e. The Kier molecular flexibility index (Phi) is 3.06. The number of carboxylic acid groups (broad SMARTS) is 1. The molecule has 5 nitrogen and oxygen atoms in total. The average Bonchev–Trinajstić information content (AvgIpc) is 2.49. The van der Waals surface area contributed by atoms with Gasteiger partial charge in [0, 0.05) is 5.56 Å². The molecule has 1 aliphatic rings. The average molecular weight is 250 g/mol. The van der Waals surface area contributed by atoms with E-state index in [0.717, 1.165) is 11.0 Å². The molecule has 1 aromatic carbocycles. The summed E-state index contributed by atoms with van der Waals surface area (Å²) in [4.78, 5) is 12.2. The summed E-state index contributed by atoms with van der Waals surface area (Å²) in [7, 11) is 0. The third-order valence-corrected chi connectivity index (χ3v) is 2.87. The van der Waals surface area contributed by atoms with Crippen LogP contribution in [-0.4, -0.2) is 28.7 Å². The van der Waals surface area contributed by atoms with Gasteiger partial charge in [-0.2, -0.15) is 5.26 Å². The van der Waals surface area contributed by atoms with Crippen molar-refractivity contribution in [1.29, 1.82) is 5.26 Å². The van der Waals surface area contributed by atoms with E-state index >= 15 is 0 Å². The first-order valence-corrected chi connectivity index (χ1v) is 5.38. The molecule has 0 radical (unpaired) electrons. The van der Waals surface area contributed by atoms with Gasteiger partial charge in [-0.05, 0) is 19.1 Å². The highest BCUT2D eigenvalue weighted by Gasteiger charge is 2.27. The van der Waals surface area contributed by atoms with Crippen LogP contribution in [0.4, 0.5) is 9.18 Å². The lowest BCUT2D eigenvalue weighted by Gasteiger charge is -2.22. The number of rotatable bonds is 0. The highest BCUT2D eigenvalue weighted by atomic mass is 19.1. The van der Waals surface area contributed by atoms with E-state index in [1.54, 1.807) is 6.92 Å². The fourth-order valence-corrected chi connectivity index (χ4v) is 1.84. The molecule has 18 heavy (non-hydrogen) atoms. The highest BCUT2D eigenvalue weighted by molar-refractivity contribution is 5.66. The quantitative estimate of drug-likeness (QED) is 0.763. The van der Waals surface area contributed by atoms with Crippen molar-refractivity contribution >= 4 is 6.09 Å². The molecule has 0 fully saturated rings. The molecule has 1 amide bonds. The van der Waals surface area contributed by atoms with Gasteiger partial charge >= 0.3 is 6.09 Å². The molecule has 2 rings (SSSR count). The topological polar surface area (TPSA) is 73.6 Å². The molecule has 1 N–H and O–H groups in total. The summed E-state index contributed by atoms with van der Waals surface area (Å²) in [6.07, 6.45) is -1.12. The SMILES string of the molecule is C[C@H]1COc2cc(C#N)cc(F)c2CN1C(=O)O. The molecule has 94 valence electrons. The number of hydrogen-bond donors (Lipinski definition) is 1. The van der Waals surface area contributed by atoms with Crippen LogP contribution < -0.4 is 4.74 Å². The number of nitrogens with zero attached hydrogens (tertiary/aromatic N) is 2. The van der Waals surface area contributed by atoms with E-state index in [-0.39, 0.29) is 36.1 Å². The van der Waals surface area contributed by atoms with Crippen molar-refractivity contribution in [1.82, 2.24) is 4.90 Å². The second-order valence-corrected chi connectivity index (χ2v) is 4.12. The molecule has 1 atom stereocenters. The zero-order valence-corrected chi connectivity index (χ0v) is 9.68. The Balaban J connectivity index is 2.46. The molecule has 6 heteroatoms. The Labute approximate surface area is 103 Å². The number of nitriles is 1. The minimum absolute atomic E-state index is 0.0800. The van der Waals surface area contributed by atoms with Crippen molar-refractivity contribution in [2.75, 3.05) is 6.61 Å². The summed E-state index contributed by atoms with van der Waals surface area (Å²) < 4.78 is 19.2. The molecule has 0 spiro atoms. The number of fused-ring (bicyclic) bond motifs is 1. The van der Waals surface area contributed by atoms with Crippen molar-refractivity contribution < 1.29 is 19.0 Å². The Morgan fingerprint density at radius 3 is 3.00 bits per heavy atom. The molecule has 0 bridgehead atoms. The molecule has 1 aliphatic heterocycles. The summed E-state index contributed by atoms with van der Waals surface area (Å²) in [5, 5.41) is 17.8. The maximum Gasteiger partial charge on any atom is 0.407 e. The molecule has 0 saturated carbocycles. The molecular formula is C12H11FN2O3. The highest BCUT2D eigenvalue weighted by Crippen LogP contribution is 2.28. The van der Waals surface area contributed by atoms with Crippen molar-refractivity contribution in [3.8, 4) is 11.8 Å². The molecule has 1 aromatic rings. The summed E-state index contributed by atoms with van der Waals surface area (Å²) in [5.74, 6) is -0.383. The monoisotopic (exact) mass is 250 g/mol. The number of halogens is 1. The van der Waals surface area contributed by atoms with E-state index in [1.165, 1.54) is 6.07 Å². The Bertz CT molecular complexity index is 539. The first-order valence-electron chi connectivity index (χ1n) is 5.38. The fraction of sp³-hybridized carbons (Fsp3) is 0.333. The van der Waals surface area contributed by atoms with Gasteiger partial charge in [0.15, 0.2) is 0 Å². The van der Waals surface area contributed by atoms with Crippen LogP contribution in [0.15, 0.2) is 12.1 Å². The van der Waals surface area contributed by atoms with Crippen LogP contribution in [0.1, 0.15) is 18.1 Å². The van der Waals surface area contributed by atoms with Crippen molar-refractivity contribution in [2.45, 2.75) is 19.5 Å². The minimum atomic E-state index is -1.12. The van der Waals surface area contributed by atoms with E-state index in [1.807, 2.05) is 6.07 Å². The van der Waals surface area contributed by atoms with Crippen molar-refractivity contribution in [3.05, 3.63) is 29.1 Å². The number of amides is 1. The first kappa shape index (κ1) is 12.2. The normalized spacial score (nSPS) is 18.3. The molecule has 0 unspecified atom stereocenters. The third kappa shape index (κ3) is 2.07. The van der Waals surface area contributed by atoms with Crippen molar-refractivity contribution in [3.63, 3.8) is 0 Å². The zero-order valence-electron chi connectivity index (χ0n) is 9.68. The van der Waals surface area contributed by atoms with Crippen LogP contribution in [0.5, 0.6) is 5.75 Å². The van der Waals surface area contributed by atoms with E-state index in [0.29, 0.717) is 0 Å². The lowest BCUT2D eigenvalue weighted by Crippen LogP contribution is -2.38. The molecule has 0 aliphatic carbocycles. The van der Waals surface area contributed by atoms with E-state index in [4.69, 9.17) is 15.1 Å². The standard InChI is InChI=1S/C12H11FN2O3/c1-7-6-18-11-3-8(4-14)2-10(13)9(11)5-15(7)12(16)17/h2-3,7H,5-6H2,1H3,(H,16,17)/t7-/m0/s1. The first-order chi connectivity index (χ1) is 8.52. The van der Waals surface area contributed by atoms with Crippen molar-refractivity contribution in [2.24, 2.45) is 0 Å². The number of carbonyl (C=O) groups is 1. The molecule has 1 heterocycles. The van der Waals surface area contributed by atoms with Crippen LogP contribution in [0.3, 0.4) is 0 Å². The second kappa shape index (κ2) is 4.53. The van der Waals surface area contributed by atoms with E-state index in [9.17, 15) is 9.18 Å². The summed E-state index contributed by atoms with van der Waals surface area (Å²) in [5.41, 5.74) is 0.323. The predicted molar refractivity (Wildman–Crippen MR) is 59.6 cm³/mol. The van der Waals surface area contributed by atoms with Gasteiger partial charge in [0.1, 0.15) is 18.2 Å². The maximum atomic E-state index is 13.8. The number of hydrogen-bond acceptors (Lipinski definition) is 3. The van der Waals surface area contributed by atoms with Gasteiger partial charge in [-0.3, -0.25) is 4.90 Å². The lowest BCUT2D eigenvalue weighted by molar-refractivity contribution is 0.113. The Morgan fingerprint density at radius 1 is 1.67 bits per heavy atom. The van der Waals surface area contributed by atoms with Gasteiger partial charge in [-0.1, -0.05) is 0 Å². The van der Waals surface area contributed by atoms with Crippen LogP contribution in [-0.2, 0) is 6.54 Å². The minimum Gasteiger partial charge on any atom is -0.491 e. The summed E-state index contributed by atoms with van der Waals surface area (Å²) in [6.45, 7) is 1.74. The number of benzene rings is 1. The van der Waals surface area contributed by atoms with Crippen LogP contribution >= 0.6 is 0 Å². The summed E-state index contributed by atoms with van der Waals surface area (Å²) >= 11 is 0. The number of ether oxygens (including phenoxy) is 1. The van der Waals surface area contributed by atoms with Crippen LogP contribution in [0.2, 0.25) is 0 Å². The molecule has 0 aromatic heterocycles. The third-order valence-electron chi connectivity index (χ3n) is 2.87. The van der Waals surface area contributed by atoms with Gasteiger partial charge in [0.25, 0.3) is 0 Å². The Hall–Kier alpha value is -2.29. The Morgan fingerprint density at radius 2 is 2.39 bits per heavy atom. The van der Waals surface area contributed by atoms with Gasteiger partial charge < -0.3 is 9.84 Å². The van der Waals surface area contributed by atoms with Gasteiger partial charge in [-0.15, -0.1) is 0 Å². The predicted octanol–water partition coefficient (Wildman–Crippen LogP) is 1.96. The fourth-order valence-electron chi connectivity index (χ4n) is 1.84. The zero-order chi connectivity index (χ0) is 13.3. The molecular weight excluding hydrogens is 239 g/mol. The van der Waals surface area contributed by atoms with E-state index in [2.05, 4.69) is 0 Å². The van der Waals surface area contributed by atoms with Gasteiger partial charge in [0.05, 0.1) is 24.2 Å². The smallest absolute Gasteiger partial charge is 0.407 e. The maximum absolute atomic E-state index is 13.8. The lowest BCUT2D eigenvalue weighted by atomic mass is 10.1. The van der Waals surface area contributed by atoms with Crippen LogP contribution in [0.25, 0.3) is 0 Å². The molecule has 0 saturated heterocycles. The van der Waals surface area contributed by atoms with Gasteiger partial charge in [0.2, 0.25) is 0 Å². The van der Waals surface area contributed by atoms with E-state index < -0.39 is 11.9 Å². The summed E-state index contributed by atoms with van der Waals surface area (Å²) in [6, 6.07) is 3.97. The van der Waals surface area contributed by atoms with Crippen LogP contribution in [0, 0.1) is 17.1 Å². The van der Waals surface area contributed by atoms with Gasteiger partial charge in [-0.25, -0.2) is 9.18 Å². The second-order valence-electron chi connectivity index (χ2n) is 4.12.